The van der Waals surface area contributed by atoms with Crippen LogP contribution in [0, 0.1) is 17.1 Å². The lowest BCUT2D eigenvalue weighted by atomic mass is 9.87. The Morgan fingerprint density at radius 3 is 2.55 bits per heavy atom. The van der Waals surface area contributed by atoms with E-state index in [0.717, 1.165) is 22.2 Å². The van der Waals surface area contributed by atoms with Crippen LogP contribution in [0.1, 0.15) is 17.9 Å². The van der Waals surface area contributed by atoms with Crippen molar-refractivity contribution in [1.82, 2.24) is 5.32 Å². The second kappa shape index (κ2) is 9.63. The van der Waals surface area contributed by atoms with E-state index in [4.69, 9.17) is 0 Å². The molecule has 1 heterocycles. The number of benzene rings is 2. The van der Waals surface area contributed by atoms with E-state index < -0.39 is 0 Å². The number of carbonyl (C=O) groups is 2. The molecule has 0 saturated heterocycles. The molecule has 2 amide bonds. The fourth-order valence-electron chi connectivity index (χ4n) is 2.92. The highest BCUT2D eigenvalue weighted by Gasteiger charge is 2.29. The number of thioether (sulfide) groups is 2. The van der Waals surface area contributed by atoms with Crippen molar-refractivity contribution in [2.45, 2.75) is 17.2 Å². The molecule has 0 spiro atoms. The maximum Gasteiger partial charge on any atom is 0.234 e. The molecule has 0 saturated carbocycles. The first-order chi connectivity index (χ1) is 14.0. The van der Waals surface area contributed by atoms with Gasteiger partial charge in [-0.1, -0.05) is 23.9 Å². The lowest BCUT2D eigenvalue weighted by molar-refractivity contribution is -0.121. The number of carbonyl (C=O) groups excluding carboxylic acids is 2. The SMILES string of the molecule is CSc1ccc([C@H]2CC(=O)NC(SCC(=O)Nc3ccc(F)cc3)=C2C#N)cc1. The second-order valence-corrected chi connectivity index (χ2v) is 8.14. The Hall–Kier alpha value is -2.76. The van der Waals surface area contributed by atoms with Crippen molar-refractivity contribution in [3.05, 3.63) is 70.5 Å². The third-order valence-electron chi connectivity index (χ3n) is 4.35. The molecular formula is C21H18FN3O2S2. The summed E-state index contributed by atoms with van der Waals surface area (Å²) in [5.74, 6) is -1.22. The summed E-state index contributed by atoms with van der Waals surface area (Å²) in [6, 6.07) is 15.4. The van der Waals surface area contributed by atoms with E-state index in [1.165, 1.54) is 24.3 Å². The quantitative estimate of drug-likeness (QED) is 0.673. The Morgan fingerprint density at radius 1 is 1.24 bits per heavy atom. The number of rotatable bonds is 6. The van der Waals surface area contributed by atoms with Crippen LogP contribution in [0.5, 0.6) is 0 Å². The van der Waals surface area contributed by atoms with Gasteiger partial charge in [-0.15, -0.1) is 11.8 Å². The monoisotopic (exact) mass is 427 g/mol. The summed E-state index contributed by atoms with van der Waals surface area (Å²) in [4.78, 5) is 25.5. The van der Waals surface area contributed by atoms with Crippen LogP contribution in [-0.4, -0.2) is 23.8 Å². The van der Waals surface area contributed by atoms with Crippen molar-refractivity contribution in [3.8, 4) is 6.07 Å². The molecule has 0 aromatic heterocycles. The fourth-order valence-corrected chi connectivity index (χ4v) is 4.21. The average Bonchev–Trinajstić information content (AvgIpc) is 2.73. The Bertz CT molecular complexity index is 982. The number of nitrogens with zero attached hydrogens (tertiary/aromatic N) is 1. The number of nitriles is 1. The molecule has 3 rings (SSSR count). The van der Waals surface area contributed by atoms with Gasteiger partial charge in [0.05, 0.1) is 22.4 Å². The average molecular weight is 428 g/mol. The molecule has 0 bridgehead atoms. The molecule has 29 heavy (non-hydrogen) atoms. The van der Waals surface area contributed by atoms with Crippen molar-refractivity contribution in [1.29, 1.82) is 5.26 Å². The van der Waals surface area contributed by atoms with E-state index in [2.05, 4.69) is 16.7 Å². The first kappa shape index (κ1) is 21.0. The molecule has 8 heteroatoms. The molecule has 1 aliphatic heterocycles. The minimum atomic E-state index is -0.386. The molecule has 0 radical (unpaired) electrons. The predicted octanol–water partition coefficient (Wildman–Crippen LogP) is 4.26. The number of halogens is 1. The maximum atomic E-state index is 13.0. The van der Waals surface area contributed by atoms with Gasteiger partial charge in [0.25, 0.3) is 0 Å². The minimum absolute atomic E-state index is 0.0102. The zero-order chi connectivity index (χ0) is 20.8. The van der Waals surface area contributed by atoms with Gasteiger partial charge in [0, 0.05) is 22.9 Å². The van der Waals surface area contributed by atoms with E-state index in [1.807, 2.05) is 30.5 Å². The lowest BCUT2D eigenvalue weighted by Gasteiger charge is -2.25. The number of amides is 2. The number of hydrogen-bond donors (Lipinski definition) is 2. The molecule has 2 aromatic rings. The van der Waals surface area contributed by atoms with Crippen LogP contribution in [-0.2, 0) is 9.59 Å². The van der Waals surface area contributed by atoms with Gasteiger partial charge in [-0.3, -0.25) is 9.59 Å². The molecule has 0 aliphatic carbocycles. The molecule has 2 aromatic carbocycles. The van der Waals surface area contributed by atoms with Gasteiger partial charge in [-0.05, 0) is 48.2 Å². The van der Waals surface area contributed by atoms with Gasteiger partial charge in [0.2, 0.25) is 11.8 Å². The summed E-state index contributed by atoms with van der Waals surface area (Å²) in [6.07, 6.45) is 2.17. The van der Waals surface area contributed by atoms with Crippen LogP contribution in [0.2, 0.25) is 0 Å². The van der Waals surface area contributed by atoms with Crippen LogP contribution in [0.3, 0.4) is 0 Å². The summed E-state index contributed by atoms with van der Waals surface area (Å²) in [5, 5.41) is 15.5. The number of hydrogen-bond acceptors (Lipinski definition) is 5. The largest absolute Gasteiger partial charge is 0.325 e. The number of allylic oxidation sites excluding steroid dienone is 1. The highest BCUT2D eigenvalue weighted by molar-refractivity contribution is 8.03. The summed E-state index contributed by atoms with van der Waals surface area (Å²) in [7, 11) is 0. The van der Waals surface area contributed by atoms with E-state index in [9.17, 15) is 19.2 Å². The normalized spacial score (nSPS) is 16.2. The van der Waals surface area contributed by atoms with Crippen molar-refractivity contribution in [3.63, 3.8) is 0 Å². The van der Waals surface area contributed by atoms with Gasteiger partial charge >= 0.3 is 0 Å². The lowest BCUT2D eigenvalue weighted by Crippen LogP contribution is -2.31. The summed E-state index contributed by atoms with van der Waals surface area (Å²) >= 11 is 2.72. The minimum Gasteiger partial charge on any atom is -0.325 e. The Morgan fingerprint density at radius 2 is 1.93 bits per heavy atom. The van der Waals surface area contributed by atoms with Gasteiger partial charge < -0.3 is 10.6 Å². The molecular weight excluding hydrogens is 409 g/mol. The van der Waals surface area contributed by atoms with Crippen LogP contribution < -0.4 is 10.6 Å². The highest BCUT2D eigenvalue weighted by Crippen LogP contribution is 2.36. The fraction of sp³-hybridized carbons (Fsp3) is 0.190. The molecule has 1 aliphatic rings. The van der Waals surface area contributed by atoms with E-state index >= 15 is 0 Å². The van der Waals surface area contributed by atoms with E-state index in [1.54, 1.807) is 11.8 Å². The van der Waals surface area contributed by atoms with Crippen molar-refractivity contribution < 1.29 is 14.0 Å². The first-order valence-electron chi connectivity index (χ1n) is 8.76. The van der Waals surface area contributed by atoms with E-state index in [0.29, 0.717) is 16.3 Å². The predicted molar refractivity (Wildman–Crippen MR) is 114 cm³/mol. The Kier molecular flexibility index (Phi) is 6.96. The zero-order valence-corrected chi connectivity index (χ0v) is 17.2. The van der Waals surface area contributed by atoms with Crippen LogP contribution >= 0.6 is 23.5 Å². The third kappa shape index (κ3) is 5.40. The molecule has 5 nitrogen and oxygen atoms in total. The zero-order valence-electron chi connectivity index (χ0n) is 15.6. The third-order valence-corrected chi connectivity index (χ3v) is 6.11. The standard InChI is InChI=1S/C21H18FN3O2S2/c1-28-16-8-2-13(3-9-16)17-10-19(26)25-21(18(17)11-23)29-12-20(27)24-15-6-4-14(22)5-7-15/h2-9,17H,10,12H2,1H3,(H,24,27)(H,25,26)/t17-/m1/s1. The molecule has 2 N–H and O–H groups in total. The first-order valence-corrected chi connectivity index (χ1v) is 11.0. The summed E-state index contributed by atoms with van der Waals surface area (Å²) in [6.45, 7) is 0. The second-order valence-electron chi connectivity index (χ2n) is 6.28. The molecule has 0 unspecified atom stereocenters. The van der Waals surface area contributed by atoms with Gasteiger partial charge in [0.1, 0.15) is 5.82 Å². The Labute approximate surface area is 176 Å². The van der Waals surface area contributed by atoms with Crippen LogP contribution in [0.25, 0.3) is 0 Å². The van der Waals surface area contributed by atoms with Gasteiger partial charge in [-0.25, -0.2) is 4.39 Å². The molecule has 0 fully saturated rings. The summed E-state index contributed by atoms with van der Waals surface area (Å²) < 4.78 is 13.0. The topological polar surface area (TPSA) is 82.0 Å². The van der Waals surface area contributed by atoms with E-state index in [-0.39, 0.29) is 35.7 Å². The molecule has 1 atom stereocenters. The maximum absolute atomic E-state index is 13.0. The van der Waals surface area contributed by atoms with Gasteiger partial charge in [-0.2, -0.15) is 5.26 Å². The summed E-state index contributed by atoms with van der Waals surface area (Å²) in [5.41, 5.74) is 1.81. The Balaban J connectivity index is 1.73. The van der Waals surface area contributed by atoms with Crippen molar-refractivity contribution in [2.24, 2.45) is 0 Å². The van der Waals surface area contributed by atoms with Crippen molar-refractivity contribution in [2.75, 3.05) is 17.3 Å². The smallest absolute Gasteiger partial charge is 0.234 e. The van der Waals surface area contributed by atoms with Gasteiger partial charge in [0.15, 0.2) is 0 Å². The molecule has 148 valence electrons. The number of anilines is 1. The van der Waals surface area contributed by atoms with Crippen molar-refractivity contribution >= 4 is 41.0 Å². The highest BCUT2D eigenvalue weighted by atomic mass is 32.2. The van der Waals surface area contributed by atoms with Crippen LogP contribution in [0.4, 0.5) is 10.1 Å². The number of nitrogens with one attached hydrogen (secondary N) is 2. The van der Waals surface area contributed by atoms with Crippen LogP contribution in [0.15, 0.2) is 64.0 Å².